The van der Waals surface area contributed by atoms with E-state index >= 15 is 0 Å². The van der Waals surface area contributed by atoms with Gasteiger partial charge in [-0.2, -0.15) is 0 Å². The first-order valence-electron chi connectivity index (χ1n) is 8.61. The number of piperazine rings is 1. The van der Waals surface area contributed by atoms with Crippen molar-refractivity contribution in [3.05, 3.63) is 35.6 Å². The summed E-state index contributed by atoms with van der Waals surface area (Å²) in [5.74, 6) is -2.32. The van der Waals surface area contributed by atoms with Crippen molar-refractivity contribution in [2.45, 2.75) is 25.3 Å². The molecule has 1 saturated heterocycles. The monoisotopic (exact) mass is 347 g/mol. The molecule has 1 N–H and O–H groups in total. The van der Waals surface area contributed by atoms with Gasteiger partial charge in [0, 0.05) is 38.6 Å². The average molecular weight is 347 g/mol. The van der Waals surface area contributed by atoms with Crippen molar-refractivity contribution in [1.82, 2.24) is 15.1 Å². The molecule has 0 aromatic heterocycles. The van der Waals surface area contributed by atoms with Crippen LogP contribution in [0.5, 0.6) is 0 Å². The summed E-state index contributed by atoms with van der Waals surface area (Å²) in [7, 11) is 0. The van der Waals surface area contributed by atoms with Gasteiger partial charge in [0.25, 0.3) is 5.91 Å². The van der Waals surface area contributed by atoms with Crippen molar-refractivity contribution in [3.8, 4) is 0 Å². The molecule has 2 amide bonds. The molecule has 2 fully saturated rings. The van der Waals surface area contributed by atoms with Crippen LogP contribution in [0.3, 0.4) is 0 Å². The van der Waals surface area contributed by atoms with Gasteiger partial charge in [-0.15, -0.1) is 0 Å². The van der Waals surface area contributed by atoms with E-state index in [2.05, 4.69) is 10.2 Å². The summed E-state index contributed by atoms with van der Waals surface area (Å²) in [4.78, 5) is 40.0. The maximum atomic E-state index is 13.5. The summed E-state index contributed by atoms with van der Waals surface area (Å²) in [5, 5.41) is 2.35. The van der Waals surface area contributed by atoms with Crippen LogP contribution in [0.2, 0.25) is 0 Å². The molecule has 1 aromatic rings. The third-order valence-electron chi connectivity index (χ3n) is 4.69. The van der Waals surface area contributed by atoms with Gasteiger partial charge in [-0.1, -0.05) is 18.2 Å². The van der Waals surface area contributed by atoms with Gasteiger partial charge in [0.1, 0.15) is 5.82 Å². The van der Waals surface area contributed by atoms with E-state index < -0.39 is 17.5 Å². The number of nitrogens with one attached hydrogen (secondary N) is 1. The van der Waals surface area contributed by atoms with Crippen LogP contribution in [-0.4, -0.2) is 66.2 Å². The molecule has 1 aliphatic heterocycles. The Morgan fingerprint density at radius 3 is 2.40 bits per heavy atom. The summed E-state index contributed by atoms with van der Waals surface area (Å²) in [5.41, 5.74) is 0.171. The van der Waals surface area contributed by atoms with E-state index in [-0.39, 0.29) is 24.4 Å². The number of carbonyl (C=O) groups excluding carboxylic acids is 3. The maximum Gasteiger partial charge on any atom is 0.288 e. The van der Waals surface area contributed by atoms with E-state index in [9.17, 15) is 18.8 Å². The van der Waals surface area contributed by atoms with E-state index in [1.165, 1.54) is 31.0 Å². The Labute approximate surface area is 146 Å². The minimum atomic E-state index is -0.854. The number of amides is 2. The van der Waals surface area contributed by atoms with Crippen LogP contribution < -0.4 is 5.32 Å². The summed E-state index contributed by atoms with van der Waals surface area (Å²) >= 11 is 0. The highest BCUT2D eigenvalue weighted by atomic mass is 19.1. The van der Waals surface area contributed by atoms with Crippen LogP contribution in [0.25, 0.3) is 0 Å². The lowest BCUT2D eigenvalue weighted by Crippen LogP contribution is -2.52. The summed E-state index contributed by atoms with van der Waals surface area (Å²) < 4.78 is 13.5. The third kappa shape index (κ3) is 4.63. The van der Waals surface area contributed by atoms with Crippen molar-refractivity contribution < 1.29 is 18.8 Å². The van der Waals surface area contributed by atoms with Crippen molar-refractivity contribution in [3.63, 3.8) is 0 Å². The van der Waals surface area contributed by atoms with Gasteiger partial charge in [-0.3, -0.25) is 19.3 Å². The zero-order valence-electron chi connectivity index (χ0n) is 14.0. The van der Waals surface area contributed by atoms with E-state index in [4.69, 9.17) is 0 Å². The first-order valence-corrected chi connectivity index (χ1v) is 8.61. The van der Waals surface area contributed by atoms with E-state index in [1.807, 2.05) is 0 Å². The Kier molecular flexibility index (Phi) is 5.43. The molecular formula is C18H22FN3O3. The van der Waals surface area contributed by atoms with Crippen LogP contribution in [0.15, 0.2) is 24.3 Å². The van der Waals surface area contributed by atoms with Crippen LogP contribution in [-0.2, 0) is 20.8 Å². The standard InChI is InChI=1S/C18H22FN3O3/c19-15-4-2-1-3-13(15)11-16(23)18(25)20-12-17(24)22-9-7-21(8-10-22)14-5-6-14/h1-4,14H,5-12H2,(H,20,25). The number of halogens is 1. The Morgan fingerprint density at radius 2 is 1.76 bits per heavy atom. The number of hydrogen-bond donors (Lipinski definition) is 1. The highest BCUT2D eigenvalue weighted by molar-refractivity contribution is 6.36. The fourth-order valence-electron chi connectivity index (χ4n) is 3.04. The first-order chi connectivity index (χ1) is 12.0. The lowest BCUT2D eigenvalue weighted by Gasteiger charge is -2.34. The number of carbonyl (C=O) groups is 3. The second-order valence-corrected chi connectivity index (χ2v) is 6.52. The molecule has 7 heteroatoms. The molecule has 0 atom stereocenters. The van der Waals surface area contributed by atoms with Gasteiger partial charge in [-0.25, -0.2) is 4.39 Å². The van der Waals surface area contributed by atoms with Gasteiger partial charge >= 0.3 is 0 Å². The quantitative estimate of drug-likeness (QED) is 0.755. The van der Waals surface area contributed by atoms with Crippen molar-refractivity contribution >= 4 is 17.6 Å². The Morgan fingerprint density at radius 1 is 1.08 bits per heavy atom. The number of nitrogens with zero attached hydrogens (tertiary/aromatic N) is 2. The smallest absolute Gasteiger partial charge is 0.288 e. The fourth-order valence-corrected chi connectivity index (χ4v) is 3.04. The van der Waals surface area contributed by atoms with Gasteiger partial charge in [0.2, 0.25) is 11.7 Å². The minimum Gasteiger partial charge on any atom is -0.340 e. The zero-order chi connectivity index (χ0) is 17.8. The third-order valence-corrected chi connectivity index (χ3v) is 4.69. The molecule has 1 aliphatic carbocycles. The molecule has 0 unspecified atom stereocenters. The molecule has 0 bridgehead atoms. The minimum absolute atomic E-state index is 0.171. The molecule has 3 rings (SSSR count). The number of hydrogen-bond acceptors (Lipinski definition) is 4. The number of rotatable bonds is 6. The highest BCUT2D eigenvalue weighted by Crippen LogP contribution is 2.27. The van der Waals surface area contributed by atoms with Crippen LogP contribution in [0, 0.1) is 5.82 Å². The molecule has 134 valence electrons. The molecule has 0 radical (unpaired) electrons. The molecule has 6 nitrogen and oxygen atoms in total. The van der Waals surface area contributed by atoms with Gasteiger partial charge in [-0.05, 0) is 24.5 Å². The van der Waals surface area contributed by atoms with Gasteiger partial charge in [0.05, 0.1) is 6.54 Å². The second-order valence-electron chi connectivity index (χ2n) is 6.52. The molecule has 1 aromatic carbocycles. The lowest BCUT2D eigenvalue weighted by atomic mass is 10.1. The Bertz CT molecular complexity index is 667. The molecule has 1 heterocycles. The first kappa shape index (κ1) is 17.5. The van der Waals surface area contributed by atoms with Crippen LogP contribution in [0.1, 0.15) is 18.4 Å². The molecule has 0 spiro atoms. The molecule has 25 heavy (non-hydrogen) atoms. The van der Waals surface area contributed by atoms with E-state index in [1.54, 1.807) is 11.0 Å². The van der Waals surface area contributed by atoms with Crippen molar-refractivity contribution in [1.29, 1.82) is 0 Å². The average Bonchev–Trinajstić information content (AvgIpc) is 3.46. The zero-order valence-corrected chi connectivity index (χ0v) is 14.0. The van der Waals surface area contributed by atoms with E-state index in [0.717, 1.165) is 13.1 Å². The Balaban J connectivity index is 1.41. The predicted molar refractivity (Wildman–Crippen MR) is 89.3 cm³/mol. The van der Waals surface area contributed by atoms with Crippen molar-refractivity contribution in [2.75, 3.05) is 32.7 Å². The summed E-state index contributed by atoms with van der Waals surface area (Å²) in [6, 6.07) is 6.52. The van der Waals surface area contributed by atoms with Gasteiger partial charge < -0.3 is 10.2 Å². The van der Waals surface area contributed by atoms with Crippen molar-refractivity contribution in [2.24, 2.45) is 0 Å². The second kappa shape index (κ2) is 7.74. The number of Topliss-reactive ketones (excluding diaryl/α,β-unsaturated/α-hetero) is 1. The highest BCUT2D eigenvalue weighted by Gasteiger charge is 2.32. The normalized spacial score (nSPS) is 18.0. The SMILES string of the molecule is O=C(Cc1ccccc1F)C(=O)NCC(=O)N1CCN(C2CC2)CC1. The van der Waals surface area contributed by atoms with Crippen LogP contribution in [0.4, 0.5) is 4.39 Å². The number of benzene rings is 1. The summed E-state index contributed by atoms with van der Waals surface area (Å²) in [6.07, 6.45) is 2.18. The summed E-state index contributed by atoms with van der Waals surface area (Å²) in [6.45, 7) is 2.81. The van der Waals surface area contributed by atoms with Gasteiger partial charge in [0.15, 0.2) is 0 Å². The lowest BCUT2D eigenvalue weighted by molar-refractivity contribution is -0.139. The molecule has 1 saturated carbocycles. The number of ketones is 1. The largest absolute Gasteiger partial charge is 0.340 e. The molecular weight excluding hydrogens is 325 g/mol. The Hall–Kier alpha value is -2.28. The van der Waals surface area contributed by atoms with Crippen LogP contribution >= 0.6 is 0 Å². The maximum absolute atomic E-state index is 13.5. The topological polar surface area (TPSA) is 69.7 Å². The fraction of sp³-hybridized carbons (Fsp3) is 0.500. The molecule has 2 aliphatic rings. The predicted octanol–water partition coefficient (Wildman–Crippen LogP) is 0.360. The van der Waals surface area contributed by atoms with E-state index in [0.29, 0.717) is 19.1 Å².